The molecule has 0 fully saturated rings. The van der Waals surface area contributed by atoms with Crippen LogP contribution in [0.15, 0.2) is 65.5 Å². The maximum Gasteiger partial charge on any atom is 0.324 e. The summed E-state index contributed by atoms with van der Waals surface area (Å²) >= 11 is 0. The maximum atomic E-state index is 12.9. The number of ether oxygens (including phenoxy) is 1. The summed E-state index contributed by atoms with van der Waals surface area (Å²) in [5.41, 5.74) is 3.38. The van der Waals surface area contributed by atoms with Gasteiger partial charge in [0.2, 0.25) is 5.95 Å². The van der Waals surface area contributed by atoms with Crippen LogP contribution in [-0.4, -0.2) is 32.9 Å². The van der Waals surface area contributed by atoms with Crippen LogP contribution in [-0.2, 0) is 12.8 Å². The fourth-order valence-corrected chi connectivity index (χ4v) is 4.09. The van der Waals surface area contributed by atoms with E-state index in [0.717, 1.165) is 42.5 Å². The highest BCUT2D eigenvalue weighted by atomic mass is 16.5. The second kappa shape index (κ2) is 9.22. The van der Waals surface area contributed by atoms with Gasteiger partial charge in [-0.2, -0.15) is 9.78 Å². The minimum atomic E-state index is -0.481. The van der Waals surface area contributed by atoms with Gasteiger partial charge in [-0.05, 0) is 37.8 Å². The van der Waals surface area contributed by atoms with Crippen molar-refractivity contribution in [3.63, 3.8) is 0 Å². The van der Waals surface area contributed by atoms with Crippen molar-refractivity contribution in [2.45, 2.75) is 25.7 Å². The highest BCUT2D eigenvalue weighted by molar-refractivity contribution is 6.00. The van der Waals surface area contributed by atoms with E-state index in [2.05, 4.69) is 25.7 Å². The number of nitrogens with one attached hydrogen (secondary N) is 3. The van der Waals surface area contributed by atoms with Gasteiger partial charge in [0.1, 0.15) is 11.6 Å². The minimum Gasteiger partial charge on any atom is -0.495 e. The number of amides is 2. The number of urea groups is 1. The van der Waals surface area contributed by atoms with E-state index in [-0.39, 0.29) is 11.5 Å². The third-order valence-electron chi connectivity index (χ3n) is 5.76. The van der Waals surface area contributed by atoms with Crippen LogP contribution in [0.25, 0.3) is 17.2 Å². The van der Waals surface area contributed by atoms with Crippen LogP contribution in [0.2, 0.25) is 0 Å². The minimum absolute atomic E-state index is 0.166. The summed E-state index contributed by atoms with van der Waals surface area (Å²) in [5.74, 6) is 1.17. The predicted molar refractivity (Wildman–Crippen MR) is 130 cm³/mol. The number of aromatic amines is 1. The summed E-state index contributed by atoms with van der Waals surface area (Å²) in [7, 11) is 1.54. The SMILES string of the molecule is COc1ccccc1NC(=O)Nc1cc(-c2ccccc2)nn1-c1nc2c(c(=O)[nH]1)CCCC2. The van der Waals surface area contributed by atoms with Gasteiger partial charge in [0.05, 0.1) is 24.2 Å². The molecule has 2 aromatic heterocycles. The fraction of sp³-hybridized carbons (Fsp3) is 0.200. The molecule has 5 rings (SSSR count). The molecule has 3 N–H and O–H groups in total. The van der Waals surface area contributed by atoms with Crippen molar-refractivity contribution in [3.8, 4) is 23.0 Å². The van der Waals surface area contributed by atoms with Crippen LogP contribution in [0.4, 0.5) is 16.3 Å². The molecule has 0 spiro atoms. The number of hydrogen-bond acceptors (Lipinski definition) is 5. The van der Waals surface area contributed by atoms with Crippen molar-refractivity contribution in [2.75, 3.05) is 17.7 Å². The molecule has 172 valence electrons. The van der Waals surface area contributed by atoms with Gasteiger partial charge in [0.15, 0.2) is 0 Å². The average molecular weight is 457 g/mol. The average Bonchev–Trinajstić information content (AvgIpc) is 3.28. The Morgan fingerprint density at radius 2 is 1.79 bits per heavy atom. The van der Waals surface area contributed by atoms with E-state index in [4.69, 9.17) is 4.74 Å². The van der Waals surface area contributed by atoms with Crippen LogP contribution in [0, 0.1) is 0 Å². The zero-order valence-corrected chi connectivity index (χ0v) is 18.7. The zero-order valence-electron chi connectivity index (χ0n) is 18.7. The number of methoxy groups -OCH3 is 1. The van der Waals surface area contributed by atoms with Crippen molar-refractivity contribution in [1.29, 1.82) is 0 Å². The van der Waals surface area contributed by atoms with Gasteiger partial charge in [-0.25, -0.2) is 9.78 Å². The first-order chi connectivity index (χ1) is 16.6. The first kappa shape index (κ1) is 21.4. The summed E-state index contributed by atoms with van der Waals surface area (Å²) in [6.45, 7) is 0. The third-order valence-corrected chi connectivity index (χ3v) is 5.76. The molecule has 0 atom stereocenters. The summed E-state index contributed by atoms with van der Waals surface area (Å²) < 4.78 is 6.77. The second-order valence-corrected chi connectivity index (χ2v) is 7.99. The number of benzene rings is 2. The number of para-hydroxylation sites is 2. The Labute approximate surface area is 195 Å². The number of carbonyl (C=O) groups excluding carboxylic acids is 1. The number of aryl methyl sites for hydroxylation is 1. The van der Waals surface area contributed by atoms with Gasteiger partial charge in [-0.1, -0.05) is 42.5 Å². The smallest absolute Gasteiger partial charge is 0.324 e. The molecule has 2 aromatic carbocycles. The topological polar surface area (TPSA) is 114 Å². The Balaban J connectivity index is 1.52. The van der Waals surface area contributed by atoms with Crippen LogP contribution in [0.5, 0.6) is 5.75 Å². The lowest BCUT2D eigenvalue weighted by atomic mass is 9.97. The Kier molecular flexibility index (Phi) is 5.82. The van der Waals surface area contributed by atoms with Gasteiger partial charge >= 0.3 is 6.03 Å². The number of anilines is 2. The molecule has 0 aliphatic heterocycles. The third kappa shape index (κ3) is 4.27. The molecule has 2 amide bonds. The lowest BCUT2D eigenvalue weighted by Crippen LogP contribution is -2.25. The summed E-state index contributed by atoms with van der Waals surface area (Å²) in [6, 6.07) is 18.0. The van der Waals surface area contributed by atoms with E-state index < -0.39 is 6.03 Å². The van der Waals surface area contributed by atoms with E-state index in [1.54, 1.807) is 24.3 Å². The lowest BCUT2D eigenvalue weighted by Gasteiger charge is -2.15. The molecule has 0 unspecified atom stereocenters. The van der Waals surface area contributed by atoms with Crippen molar-refractivity contribution < 1.29 is 9.53 Å². The highest BCUT2D eigenvalue weighted by Gasteiger charge is 2.20. The number of fused-ring (bicyclic) bond motifs is 1. The van der Waals surface area contributed by atoms with Gasteiger partial charge in [-0.3, -0.25) is 15.1 Å². The Morgan fingerprint density at radius 3 is 2.62 bits per heavy atom. The molecular weight excluding hydrogens is 432 g/mol. The first-order valence-corrected chi connectivity index (χ1v) is 11.1. The molecule has 0 bridgehead atoms. The Hall–Kier alpha value is -4.40. The standard InChI is InChI=1S/C25H24N6O3/c1-34-21-14-8-7-13-19(21)27-25(33)28-22-15-20(16-9-3-2-4-10-16)30-31(22)24-26-18-12-6-5-11-17(18)23(32)29-24/h2-4,7-10,13-15H,5-6,11-12H2,1H3,(H,26,29,32)(H2,27,28,33). The van der Waals surface area contributed by atoms with E-state index in [9.17, 15) is 9.59 Å². The summed E-state index contributed by atoms with van der Waals surface area (Å²) in [6.07, 6.45) is 3.44. The molecule has 1 aliphatic carbocycles. The van der Waals surface area contributed by atoms with E-state index >= 15 is 0 Å². The monoisotopic (exact) mass is 456 g/mol. The van der Waals surface area contributed by atoms with Crippen LogP contribution < -0.4 is 20.9 Å². The zero-order chi connectivity index (χ0) is 23.5. The van der Waals surface area contributed by atoms with Gasteiger partial charge < -0.3 is 10.1 Å². The highest BCUT2D eigenvalue weighted by Crippen LogP contribution is 2.26. The van der Waals surface area contributed by atoms with Crippen molar-refractivity contribution in [3.05, 3.63) is 82.3 Å². The molecule has 1 aliphatic rings. The number of aromatic nitrogens is 4. The summed E-state index contributed by atoms with van der Waals surface area (Å²) in [4.78, 5) is 33.1. The fourth-order valence-electron chi connectivity index (χ4n) is 4.09. The molecular formula is C25H24N6O3. The maximum absolute atomic E-state index is 12.9. The van der Waals surface area contributed by atoms with Crippen LogP contribution in [0.1, 0.15) is 24.1 Å². The molecule has 9 nitrogen and oxygen atoms in total. The van der Waals surface area contributed by atoms with Crippen molar-refractivity contribution >= 4 is 17.5 Å². The van der Waals surface area contributed by atoms with Gasteiger partial charge in [0, 0.05) is 17.2 Å². The molecule has 0 radical (unpaired) electrons. The number of carbonyl (C=O) groups is 1. The van der Waals surface area contributed by atoms with E-state index in [1.807, 2.05) is 36.4 Å². The van der Waals surface area contributed by atoms with Crippen LogP contribution in [0.3, 0.4) is 0 Å². The molecule has 9 heteroatoms. The van der Waals surface area contributed by atoms with E-state index in [0.29, 0.717) is 22.9 Å². The van der Waals surface area contributed by atoms with Crippen molar-refractivity contribution in [1.82, 2.24) is 19.7 Å². The normalized spacial score (nSPS) is 12.6. The summed E-state index contributed by atoms with van der Waals surface area (Å²) in [5, 5.41) is 10.3. The van der Waals surface area contributed by atoms with Gasteiger partial charge in [-0.15, -0.1) is 0 Å². The molecule has 2 heterocycles. The van der Waals surface area contributed by atoms with Crippen molar-refractivity contribution in [2.24, 2.45) is 0 Å². The van der Waals surface area contributed by atoms with Gasteiger partial charge in [0.25, 0.3) is 5.56 Å². The number of rotatable bonds is 5. The second-order valence-electron chi connectivity index (χ2n) is 7.99. The number of nitrogens with zero attached hydrogens (tertiary/aromatic N) is 3. The lowest BCUT2D eigenvalue weighted by molar-refractivity contribution is 0.262. The molecule has 0 saturated heterocycles. The predicted octanol–water partition coefficient (Wildman–Crippen LogP) is 4.15. The number of H-pyrrole nitrogens is 1. The molecule has 0 saturated carbocycles. The number of hydrogen-bond donors (Lipinski definition) is 3. The van der Waals surface area contributed by atoms with E-state index in [1.165, 1.54) is 11.8 Å². The van der Waals surface area contributed by atoms with Crippen LogP contribution >= 0.6 is 0 Å². The Morgan fingerprint density at radius 1 is 1.03 bits per heavy atom. The Bertz CT molecular complexity index is 1390. The largest absolute Gasteiger partial charge is 0.495 e. The quantitative estimate of drug-likeness (QED) is 0.417. The first-order valence-electron chi connectivity index (χ1n) is 11.1. The molecule has 34 heavy (non-hydrogen) atoms. The molecule has 4 aromatic rings.